The molecule has 0 unspecified atom stereocenters. The molecule has 3 heteroatoms. The van der Waals surface area contributed by atoms with E-state index in [0.717, 1.165) is 0 Å². The van der Waals surface area contributed by atoms with Crippen LogP contribution in [0, 0.1) is 6.42 Å². The van der Waals surface area contributed by atoms with E-state index in [0.29, 0.717) is 0 Å². The Morgan fingerprint density at radius 2 is 1.76 bits per heavy atom. The molecule has 105 valence electrons. The molecule has 0 aromatic heterocycles. The van der Waals surface area contributed by atoms with Crippen LogP contribution in [0.2, 0.25) is 0 Å². The molecule has 0 heterocycles. The second-order valence-electron chi connectivity index (χ2n) is 5.21. The second kappa shape index (κ2) is 7.27. The monoisotopic (exact) mass is 391 g/mol. The minimum absolute atomic E-state index is 0.826. The first-order valence-corrected chi connectivity index (χ1v) is 13.4. The van der Waals surface area contributed by atoms with Crippen LogP contribution >= 0.6 is 17.0 Å². The number of hydrogen-bond acceptors (Lipinski definition) is 0. The van der Waals surface area contributed by atoms with Crippen molar-refractivity contribution in [1.82, 2.24) is 0 Å². The summed E-state index contributed by atoms with van der Waals surface area (Å²) < 4.78 is 0. The van der Waals surface area contributed by atoms with E-state index >= 15 is 0 Å². The van der Waals surface area contributed by atoms with E-state index in [1.807, 2.05) is 0 Å². The summed E-state index contributed by atoms with van der Waals surface area (Å²) in [6.45, 7) is 0. The van der Waals surface area contributed by atoms with Crippen LogP contribution in [0.3, 0.4) is 0 Å². The molecule has 0 fully saturated rings. The Morgan fingerprint density at radius 3 is 2.52 bits per heavy atom. The van der Waals surface area contributed by atoms with E-state index in [-0.39, 0.29) is 0 Å². The predicted molar refractivity (Wildman–Crippen MR) is 88.0 cm³/mol. The van der Waals surface area contributed by atoms with Gasteiger partial charge in [-0.2, -0.15) is 0 Å². The Hall–Kier alpha value is -0.357. The van der Waals surface area contributed by atoms with Gasteiger partial charge in [0.15, 0.2) is 0 Å². The maximum absolute atomic E-state index is 4.93. The Kier molecular flexibility index (Phi) is 5.38. The fraction of sp³-hybridized carbons (Fsp3) is 0.167. The van der Waals surface area contributed by atoms with Crippen molar-refractivity contribution in [3.8, 4) is 11.1 Å². The first-order chi connectivity index (χ1) is 10.3. The molecule has 21 heavy (non-hydrogen) atoms. The topological polar surface area (TPSA) is 0 Å². The Morgan fingerprint density at radius 1 is 1.00 bits per heavy atom. The Bertz CT molecular complexity index is 662. The molecule has 1 radical (unpaired) electrons. The molecule has 2 aliphatic carbocycles. The minimum atomic E-state index is -0.826. The molecule has 2 aliphatic rings. The number of hydrogen-bond donors (Lipinski definition) is 0. The van der Waals surface area contributed by atoms with E-state index in [1.165, 1.54) is 41.5 Å². The SMILES string of the molecule is [CH]1C=Cc2c1cc1c(c2-c2ccccc2)CCC1.[Cl][Zr][Cl]. The quantitative estimate of drug-likeness (QED) is 0.575. The van der Waals surface area contributed by atoms with Crippen LogP contribution in [-0.2, 0) is 33.7 Å². The molecule has 0 N–H and O–H groups in total. The number of benzene rings is 2. The average molecular weight is 393 g/mol. The van der Waals surface area contributed by atoms with Crippen molar-refractivity contribution in [2.75, 3.05) is 0 Å². The third-order valence-electron chi connectivity index (χ3n) is 4.07. The summed E-state index contributed by atoms with van der Waals surface area (Å²) >= 11 is -0.826. The standard InChI is InChI=1S/C18H15.2ClH.Zr/c1-2-6-13(7-3-1)18-16-10-4-8-14(16)12-15-9-5-11-17(15)18;;;/h1-4,6-8,10,12H,5,9,11H2;2*1H;/q;;;+2/p-2. The van der Waals surface area contributed by atoms with Gasteiger partial charge in [-0.15, -0.1) is 0 Å². The molecule has 0 saturated carbocycles. The number of fused-ring (bicyclic) bond motifs is 2. The van der Waals surface area contributed by atoms with E-state index in [4.69, 9.17) is 17.0 Å². The van der Waals surface area contributed by atoms with Gasteiger partial charge in [-0.1, -0.05) is 48.6 Å². The zero-order chi connectivity index (χ0) is 14.7. The zero-order valence-corrected chi connectivity index (χ0v) is 15.5. The van der Waals surface area contributed by atoms with Crippen LogP contribution in [0.1, 0.15) is 28.7 Å². The van der Waals surface area contributed by atoms with Gasteiger partial charge in [0.1, 0.15) is 0 Å². The van der Waals surface area contributed by atoms with E-state index in [1.54, 1.807) is 11.1 Å². The fourth-order valence-corrected chi connectivity index (χ4v) is 3.28. The number of halogens is 2. The third-order valence-corrected chi connectivity index (χ3v) is 4.07. The summed E-state index contributed by atoms with van der Waals surface area (Å²) in [5.74, 6) is 0. The van der Waals surface area contributed by atoms with Crippen molar-refractivity contribution in [3.05, 3.63) is 71.1 Å². The molecule has 0 amide bonds. The van der Waals surface area contributed by atoms with Crippen molar-refractivity contribution < 1.29 is 20.8 Å². The molecule has 2 aromatic carbocycles. The van der Waals surface area contributed by atoms with Crippen LogP contribution in [0.4, 0.5) is 0 Å². The fourth-order valence-electron chi connectivity index (χ4n) is 3.28. The average Bonchev–Trinajstić information content (AvgIpc) is 3.14. The zero-order valence-electron chi connectivity index (χ0n) is 11.6. The first kappa shape index (κ1) is 15.5. The van der Waals surface area contributed by atoms with Gasteiger partial charge in [-0.25, -0.2) is 0 Å². The summed E-state index contributed by atoms with van der Waals surface area (Å²) in [5.41, 5.74) is 8.81. The second-order valence-corrected chi connectivity index (χ2v) is 8.94. The van der Waals surface area contributed by atoms with Gasteiger partial charge in [0.2, 0.25) is 0 Å². The summed E-state index contributed by atoms with van der Waals surface area (Å²) in [5, 5.41) is 0. The Balaban J connectivity index is 0.000000409. The van der Waals surface area contributed by atoms with Crippen LogP contribution < -0.4 is 0 Å². The molecule has 4 rings (SSSR count). The van der Waals surface area contributed by atoms with Gasteiger partial charge in [-0.05, 0) is 52.6 Å². The van der Waals surface area contributed by atoms with Crippen LogP contribution in [0.5, 0.6) is 0 Å². The van der Waals surface area contributed by atoms with Gasteiger partial charge < -0.3 is 0 Å². The summed E-state index contributed by atoms with van der Waals surface area (Å²) in [7, 11) is 9.87. The van der Waals surface area contributed by atoms with Crippen molar-refractivity contribution in [2.45, 2.75) is 19.3 Å². The van der Waals surface area contributed by atoms with Crippen molar-refractivity contribution in [2.24, 2.45) is 0 Å². The first-order valence-electron chi connectivity index (χ1n) is 7.07. The number of aryl methyl sites for hydroxylation is 1. The van der Waals surface area contributed by atoms with E-state index in [2.05, 4.69) is 55.0 Å². The third kappa shape index (κ3) is 3.21. The van der Waals surface area contributed by atoms with Crippen molar-refractivity contribution in [1.29, 1.82) is 0 Å². The number of allylic oxidation sites excluding steroid dienone is 1. The molecule has 0 aliphatic heterocycles. The number of rotatable bonds is 1. The molecule has 0 spiro atoms. The Labute approximate surface area is 144 Å². The van der Waals surface area contributed by atoms with Crippen LogP contribution in [0.25, 0.3) is 17.2 Å². The summed E-state index contributed by atoms with van der Waals surface area (Å²) in [4.78, 5) is 0. The van der Waals surface area contributed by atoms with Gasteiger partial charge in [0, 0.05) is 6.42 Å². The van der Waals surface area contributed by atoms with Gasteiger partial charge in [0.05, 0.1) is 0 Å². The normalized spacial score (nSPS) is 14.2. The maximum atomic E-state index is 4.93. The van der Waals surface area contributed by atoms with E-state index < -0.39 is 20.8 Å². The molecule has 0 atom stereocenters. The molecule has 0 nitrogen and oxygen atoms in total. The van der Waals surface area contributed by atoms with Crippen LogP contribution in [0.15, 0.2) is 42.5 Å². The molecular formula is C18H15Cl2Zr. The van der Waals surface area contributed by atoms with Gasteiger partial charge in [0.25, 0.3) is 0 Å². The molecular weight excluding hydrogens is 378 g/mol. The van der Waals surface area contributed by atoms with E-state index in [9.17, 15) is 0 Å². The summed E-state index contributed by atoms with van der Waals surface area (Å²) in [6.07, 6.45) is 10.5. The van der Waals surface area contributed by atoms with Crippen LogP contribution in [-0.4, -0.2) is 0 Å². The summed E-state index contributed by atoms with van der Waals surface area (Å²) in [6, 6.07) is 13.2. The van der Waals surface area contributed by atoms with Gasteiger partial charge in [-0.3, -0.25) is 0 Å². The van der Waals surface area contributed by atoms with Crippen molar-refractivity contribution >= 4 is 23.1 Å². The van der Waals surface area contributed by atoms with Crippen molar-refractivity contribution in [3.63, 3.8) is 0 Å². The molecule has 0 saturated heterocycles. The predicted octanol–water partition coefficient (Wildman–Crippen LogP) is 5.80. The van der Waals surface area contributed by atoms with Gasteiger partial charge >= 0.3 is 37.9 Å². The molecule has 0 bridgehead atoms. The molecule has 2 aromatic rings.